The van der Waals surface area contributed by atoms with E-state index in [0.717, 1.165) is 5.56 Å². The van der Waals surface area contributed by atoms with E-state index in [-0.39, 0.29) is 18.4 Å². The Morgan fingerprint density at radius 1 is 1.15 bits per heavy atom. The fraction of sp³-hybridized carbons (Fsp3) is 0.300. The van der Waals surface area contributed by atoms with Crippen LogP contribution in [0.25, 0.3) is 0 Å². The van der Waals surface area contributed by atoms with Gasteiger partial charge in [-0.25, -0.2) is 0 Å². The van der Waals surface area contributed by atoms with E-state index in [1.165, 1.54) is 4.90 Å². The van der Waals surface area contributed by atoms with Crippen LogP contribution in [-0.2, 0) is 16.0 Å². The lowest BCUT2D eigenvalue weighted by atomic mass is 10.1. The maximum absolute atomic E-state index is 12.3. The first-order valence-corrected chi connectivity index (χ1v) is 8.56. The standard InChI is InChI=1S/C20H22N2O5/c1-22-15-11-14(6-8-16(15)27-12-20(22)24)21-19(23)9-5-13-4-7-17(25-2)18(10-13)26-3/h4,6-8,10-11H,5,9,12H2,1-3H3,(H,21,23). The van der Waals surface area contributed by atoms with E-state index in [1.807, 2.05) is 18.2 Å². The number of fused-ring (bicyclic) bond motifs is 1. The molecule has 0 radical (unpaired) electrons. The lowest BCUT2D eigenvalue weighted by Gasteiger charge is -2.26. The molecule has 0 saturated heterocycles. The number of hydrogen-bond donors (Lipinski definition) is 1. The molecular formula is C20H22N2O5. The summed E-state index contributed by atoms with van der Waals surface area (Å²) in [5, 5.41) is 2.86. The number of anilines is 2. The summed E-state index contributed by atoms with van der Waals surface area (Å²) in [4.78, 5) is 25.6. The van der Waals surface area contributed by atoms with Crippen LogP contribution in [0.4, 0.5) is 11.4 Å². The summed E-state index contributed by atoms with van der Waals surface area (Å²) < 4.78 is 15.9. The molecule has 2 amide bonds. The highest BCUT2D eigenvalue weighted by Crippen LogP contribution is 2.33. The third-order valence-corrected chi connectivity index (χ3v) is 4.42. The van der Waals surface area contributed by atoms with Crippen molar-refractivity contribution < 1.29 is 23.8 Å². The molecule has 0 saturated carbocycles. The van der Waals surface area contributed by atoms with Crippen molar-refractivity contribution in [2.24, 2.45) is 0 Å². The SMILES string of the molecule is COc1ccc(CCC(=O)Nc2ccc3c(c2)N(C)C(=O)CO3)cc1OC. The van der Waals surface area contributed by atoms with Crippen LogP contribution in [0.1, 0.15) is 12.0 Å². The number of rotatable bonds is 6. The minimum Gasteiger partial charge on any atom is -0.493 e. The smallest absolute Gasteiger partial charge is 0.264 e. The van der Waals surface area contributed by atoms with Crippen molar-refractivity contribution >= 4 is 23.2 Å². The molecule has 1 aliphatic heterocycles. The van der Waals surface area contributed by atoms with Crippen LogP contribution in [-0.4, -0.2) is 39.7 Å². The summed E-state index contributed by atoms with van der Waals surface area (Å²) in [5.74, 6) is 1.67. The average Bonchev–Trinajstić information content (AvgIpc) is 2.69. The lowest BCUT2D eigenvalue weighted by molar-refractivity contribution is -0.121. The van der Waals surface area contributed by atoms with E-state index in [2.05, 4.69) is 5.32 Å². The van der Waals surface area contributed by atoms with Crippen LogP contribution in [0, 0.1) is 0 Å². The van der Waals surface area contributed by atoms with Gasteiger partial charge in [-0.3, -0.25) is 9.59 Å². The van der Waals surface area contributed by atoms with Gasteiger partial charge < -0.3 is 24.4 Å². The lowest BCUT2D eigenvalue weighted by Crippen LogP contribution is -2.35. The van der Waals surface area contributed by atoms with Gasteiger partial charge in [-0.15, -0.1) is 0 Å². The zero-order valence-electron chi connectivity index (χ0n) is 15.6. The molecule has 0 spiro atoms. The quantitative estimate of drug-likeness (QED) is 0.846. The Labute approximate surface area is 157 Å². The number of amides is 2. The molecule has 2 aromatic rings. The molecule has 7 nitrogen and oxygen atoms in total. The summed E-state index contributed by atoms with van der Waals surface area (Å²) in [6.45, 7) is 0.0283. The fourth-order valence-electron chi connectivity index (χ4n) is 2.87. The normalized spacial score (nSPS) is 12.9. The van der Waals surface area contributed by atoms with E-state index in [1.54, 1.807) is 39.5 Å². The van der Waals surface area contributed by atoms with E-state index >= 15 is 0 Å². The van der Waals surface area contributed by atoms with Crippen molar-refractivity contribution in [3.05, 3.63) is 42.0 Å². The molecule has 0 unspecified atom stereocenters. The fourth-order valence-corrected chi connectivity index (χ4v) is 2.87. The molecule has 142 valence electrons. The Kier molecular flexibility index (Phi) is 5.49. The van der Waals surface area contributed by atoms with Gasteiger partial charge in [0, 0.05) is 19.2 Å². The minimum atomic E-state index is -0.126. The molecule has 0 atom stereocenters. The summed E-state index contributed by atoms with van der Waals surface area (Å²) in [5.41, 5.74) is 2.24. The number of likely N-dealkylation sites (N-methyl/N-ethyl adjacent to an activating group) is 1. The Morgan fingerprint density at radius 3 is 2.67 bits per heavy atom. The summed E-state index contributed by atoms with van der Waals surface area (Å²) >= 11 is 0. The number of carbonyl (C=O) groups is 2. The van der Waals surface area contributed by atoms with Crippen molar-refractivity contribution in [2.45, 2.75) is 12.8 Å². The van der Waals surface area contributed by atoms with Gasteiger partial charge in [-0.2, -0.15) is 0 Å². The van der Waals surface area contributed by atoms with Crippen molar-refractivity contribution in [2.75, 3.05) is 38.1 Å². The second kappa shape index (κ2) is 7.99. The van der Waals surface area contributed by atoms with E-state index < -0.39 is 0 Å². The monoisotopic (exact) mass is 370 g/mol. The summed E-state index contributed by atoms with van der Waals surface area (Å²) in [7, 11) is 4.85. The molecule has 27 heavy (non-hydrogen) atoms. The first kappa shape index (κ1) is 18.6. The van der Waals surface area contributed by atoms with E-state index in [9.17, 15) is 9.59 Å². The van der Waals surface area contributed by atoms with Crippen molar-refractivity contribution in [3.63, 3.8) is 0 Å². The molecule has 7 heteroatoms. The van der Waals surface area contributed by atoms with E-state index in [0.29, 0.717) is 41.5 Å². The van der Waals surface area contributed by atoms with Gasteiger partial charge in [0.1, 0.15) is 5.75 Å². The van der Waals surface area contributed by atoms with Crippen molar-refractivity contribution in [1.29, 1.82) is 0 Å². The van der Waals surface area contributed by atoms with Gasteiger partial charge in [0.25, 0.3) is 5.91 Å². The zero-order valence-corrected chi connectivity index (χ0v) is 15.6. The number of methoxy groups -OCH3 is 2. The molecule has 0 aliphatic carbocycles. The molecule has 1 N–H and O–H groups in total. The number of carbonyl (C=O) groups excluding carboxylic acids is 2. The maximum atomic E-state index is 12.3. The number of nitrogens with zero attached hydrogens (tertiary/aromatic N) is 1. The van der Waals surface area contributed by atoms with Crippen LogP contribution in [0.3, 0.4) is 0 Å². The minimum absolute atomic E-state index is 0.0283. The third kappa shape index (κ3) is 4.13. The van der Waals surface area contributed by atoms with Gasteiger partial charge in [-0.05, 0) is 42.3 Å². The van der Waals surface area contributed by atoms with Crippen LogP contribution < -0.4 is 24.4 Å². The van der Waals surface area contributed by atoms with Gasteiger partial charge in [0.2, 0.25) is 5.91 Å². The molecule has 1 aliphatic rings. The Balaban J connectivity index is 1.62. The molecule has 0 aromatic heterocycles. The van der Waals surface area contributed by atoms with Gasteiger partial charge in [0.05, 0.1) is 19.9 Å². The molecule has 0 bridgehead atoms. The van der Waals surface area contributed by atoms with Crippen LogP contribution in [0.5, 0.6) is 17.2 Å². The van der Waals surface area contributed by atoms with Crippen LogP contribution in [0.2, 0.25) is 0 Å². The third-order valence-electron chi connectivity index (χ3n) is 4.42. The number of benzene rings is 2. The predicted molar refractivity (Wildman–Crippen MR) is 102 cm³/mol. The zero-order chi connectivity index (χ0) is 19.4. The van der Waals surface area contributed by atoms with E-state index in [4.69, 9.17) is 14.2 Å². The number of hydrogen-bond acceptors (Lipinski definition) is 5. The average molecular weight is 370 g/mol. The summed E-state index contributed by atoms with van der Waals surface area (Å²) in [6.07, 6.45) is 0.885. The highest BCUT2D eigenvalue weighted by atomic mass is 16.5. The van der Waals surface area contributed by atoms with Gasteiger partial charge in [-0.1, -0.05) is 6.07 Å². The van der Waals surface area contributed by atoms with Gasteiger partial charge in [0.15, 0.2) is 18.1 Å². The van der Waals surface area contributed by atoms with Crippen LogP contribution >= 0.6 is 0 Å². The molecule has 2 aromatic carbocycles. The number of aryl methyl sites for hydroxylation is 1. The predicted octanol–water partition coefficient (Wildman–Crippen LogP) is 2.63. The number of nitrogens with one attached hydrogen (secondary N) is 1. The summed E-state index contributed by atoms with van der Waals surface area (Å²) in [6, 6.07) is 10.8. The second-order valence-electron chi connectivity index (χ2n) is 6.16. The first-order chi connectivity index (χ1) is 13.0. The Hall–Kier alpha value is -3.22. The van der Waals surface area contributed by atoms with Crippen molar-refractivity contribution in [3.8, 4) is 17.2 Å². The Morgan fingerprint density at radius 2 is 1.93 bits per heavy atom. The molecular weight excluding hydrogens is 348 g/mol. The second-order valence-corrected chi connectivity index (χ2v) is 6.16. The Bertz CT molecular complexity index is 865. The van der Waals surface area contributed by atoms with Crippen LogP contribution in [0.15, 0.2) is 36.4 Å². The first-order valence-electron chi connectivity index (χ1n) is 8.56. The highest BCUT2D eigenvalue weighted by molar-refractivity contribution is 5.99. The molecule has 1 heterocycles. The highest BCUT2D eigenvalue weighted by Gasteiger charge is 2.22. The largest absolute Gasteiger partial charge is 0.493 e. The van der Waals surface area contributed by atoms with Crippen molar-refractivity contribution in [1.82, 2.24) is 0 Å². The molecule has 0 fully saturated rings. The number of ether oxygens (including phenoxy) is 3. The maximum Gasteiger partial charge on any atom is 0.264 e. The molecule has 3 rings (SSSR count). The topological polar surface area (TPSA) is 77.1 Å². The van der Waals surface area contributed by atoms with Gasteiger partial charge >= 0.3 is 0 Å².